The molecular formula is C28H28F3N5O4S. The molecule has 0 spiro atoms. The van der Waals surface area contributed by atoms with Gasteiger partial charge in [-0.3, -0.25) is 4.79 Å². The van der Waals surface area contributed by atoms with Gasteiger partial charge in [-0.25, -0.2) is 9.78 Å². The van der Waals surface area contributed by atoms with Crippen molar-refractivity contribution in [2.24, 2.45) is 0 Å². The first-order chi connectivity index (χ1) is 19.4. The van der Waals surface area contributed by atoms with Gasteiger partial charge in [-0.05, 0) is 63.8 Å². The number of nitrogens with zero attached hydrogens (tertiary/aromatic N) is 4. The molecule has 1 aliphatic carbocycles. The predicted molar refractivity (Wildman–Crippen MR) is 147 cm³/mol. The minimum Gasteiger partial charge on any atom is -0.490 e. The van der Waals surface area contributed by atoms with E-state index >= 15 is 0 Å². The van der Waals surface area contributed by atoms with E-state index < -0.39 is 29.3 Å². The maximum Gasteiger partial charge on any atom is 0.420 e. The molecule has 5 rings (SSSR count). The van der Waals surface area contributed by atoms with E-state index in [9.17, 15) is 22.8 Å². The molecule has 0 unspecified atom stereocenters. The first-order valence-corrected chi connectivity index (χ1v) is 13.9. The summed E-state index contributed by atoms with van der Waals surface area (Å²) in [4.78, 5) is 31.5. The summed E-state index contributed by atoms with van der Waals surface area (Å²) in [7, 11) is 0. The highest BCUT2D eigenvalue weighted by Gasteiger charge is 2.41. The zero-order valence-corrected chi connectivity index (χ0v) is 23.4. The van der Waals surface area contributed by atoms with Crippen molar-refractivity contribution in [2.45, 2.75) is 57.9 Å². The highest BCUT2D eigenvalue weighted by atomic mass is 32.1. The van der Waals surface area contributed by atoms with Crippen LogP contribution in [0.1, 0.15) is 61.6 Å². The fraction of sp³-hybridized carbons (Fsp3) is 0.393. The number of benzene rings is 1. The van der Waals surface area contributed by atoms with Crippen molar-refractivity contribution >= 4 is 34.6 Å². The lowest BCUT2D eigenvalue weighted by molar-refractivity contribution is -0.139. The Morgan fingerprint density at radius 1 is 1.12 bits per heavy atom. The van der Waals surface area contributed by atoms with Gasteiger partial charge in [0.05, 0.1) is 18.5 Å². The van der Waals surface area contributed by atoms with Crippen LogP contribution in [-0.4, -0.2) is 56.9 Å². The number of nitrogens with one attached hydrogen (secondary N) is 1. The average Bonchev–Trinajstić information content (AvgIpc) is 3.59. The topological polar surface area (TPSA) is 107 Å². The second-order valence-corrected chi connectivity index (χ2v) is 11.6. The van der Waals surface area contributed by atoms with Crippen molar-refractivity contribution in [3.63, 3.8) is 0 Å². The van der Waals surface area contributed by atoms with E-state index in [2.05, 4.69) is 20.5 Å². The number of halogens is 3. The van der Waals surface area contributed by atoms with Crippen LogP contribution < -0.4 is 10.1 Å². The molecule has 0 saturated heterocycles. The number of anilines is 1. The summed E-state index contributed by atoms with van der Waals surface area (Å²) in [5.41, 5.74) is -0.818. The lowest BCUT2D eigenvalue weighted by Crippen LogP contribution is -2.39. The van der Waals surface area contributed by atoms with Crippen LogP contribution in [-0.2, 0) is 10.9 Å². The quantitative estimate of drug-likeness (QED) is 0.354. The molecule has 0 atom stereocenters. The minimum atomic E-state index is -4.77. The molecule has 216 valence electrons. The van der Waals surface area contributed by atoms with Gasteiger partial charge in [0, 0.05) is 35.3 Å². The van der Waals surface area contributed by atoms with Crippen LogP contribution in [0.15, 0.2) is 42.0 Å². The summed E-state index contributed by atoms with van der Waals surface area (Å²) < 4.78 is 55.0. The number of ether oxygens (including phenoxy) is 2. The Bertz CT molecular complexity index is 1480. The SMILES string of the molecule is CC(C)(C)OC(=O)N1CC=C(c2c(NC(=O)c3csc(-c4ccnnc4)n3)ccc(OC3CC3)c2C(F)(F)F)CC1. The molecule has 0 radical (unpaired) electrons. The Kier molecular flexibility index (Phi) is 7.73. The molecule has 41 heavy (non-hydrogen) atoms. The van der Waals surface area contributed by atoms with Gasteiger partial charge in [0.2, 0.25) is 0 Å². The van der Waals surface area contributed by atoms with Crippen LogP contribution in [0.3, 0.4) is 0 Å². The maximum atomic E-state index is 14.6. The third kappa shape index (κ3) is 6.84. The molecule has 3 aromatic rings. The highest BCUT2D eigenvalue weighted by Crippen LogP contribution is 2.47. The van der Waals surface area contributed by atoms with E-state index in [1.54, 1.807) is 32.9 Å². The largest absolute Gasteiger partial charge is 0.490 e. The van der Waals surface area contributed by atoms with Crippen LogP contribution >= 0.6 is 11.3 Å². The third-order valence-electron chi connectivity index (χ3n) is 6.27. The van der Waals surface area contributed by atoms with Crippen LogP contribution in [0, 0.1) is 0 Å². The number of rotatable bonds is 6. The summed E-state index contributed by atoms with van der Waals surface area (Å²) >= 11 is 1.20. The zero-order chi connectivity index (χ0) is 29.4. The van der Waals surface area contributed by atoms with E-state index in [-0.39, 0.29) is 48.3 Å². The zero-order valence-electron chi connectivity index (χ0n) is 22.6. The van der Waals surface area contributed by atoms with Gasteiger partial charge in [-0.2, -0.15) is 23.4 Å². The van der Waals surface area contributed by atoms with E-state index in [1.165, 1.54) is 46.1 Å². The molecule has 1 aromatic carbocycles. The number of aromatic nitrogens is 3. The summed E-state index contributed by atoms with van der Waals surface area (Å²) in [6, 6.07) is 4.35. The third-order valence-corrected chi connectivity index (χ3v) is 7.16. The number of hydrogen-bond acceptors (Lipinski definition) is 8. The fourth-order valence-electron chi connectivity index (χ4n) is 4.27. The van der Waals surface area contributed by atoms with E-state index in [0.717, 1.165) is 0 Å². The van der Waals surface area contributed by atoms with E-state index in [4.69, 9.17) is 9.47 Å². The highest BCUT2D eigenvalue weighted by molar-refractivity contribution is 7.13. The predicted octanol–water partition coefficient (Wildman–Crippen LogP) is 6.44. The number of carbonyl (C=O) groups is 2. The summed E-state index contributed by atoms with van der Waals surface area (Å²) in [6.07, 6.45) is 0.439. The normalized spacial score (nSPS) is 15.8. The number of amides is 2. The van der Waals surface area contributed by atoms with Crippen molar-refractivity contribution in [2.75, 3.05) is 18.4 Å². The lowest BCUT2D eigenvalue weighted by Gasteiger charge is -2.31. The van der Waals surface area contributed by atoms with E-state index in [0.29, 0.717) is 29.0 Å². The monoisotopic (exact) mass is 587 g/mol. The van der Waals surface area contributed by atoms with Gasteiger partial charge in [-0.1, -0.05) is 6.08 Å². The molecule has 0 bridgehead atoms. The fourth-order valence-corrected chi connectivity index (χ4v) is 5.06. The molecule has 13 heteroatoms. The van der Waals surface area contributed by atoms with Crippen LogP contribution in [0.5, 0.6) is 5.75 Å². The Labute approximate surface area is 238 Å². The summed E-state index contributed by atoms with van der Waals surface area (Å²) in [6.45, 7) is 5.43. The smallest absolute Gasteiger partial charge is 0.420 e. The van der Waals surface area contributed by atoms with E-state index in [1.807, 2.05) is 0 Å². The number of hydrogen-bond donors (Lipinski definition) is 1. The molecular weight excluding hydrogens is 559 g/mol. The van der Waals surface area contributed by atoms with Crippen molar-refractivity contribution in [1.29, 1.82) is 0 Å². The Morgan fingerprint density at radius 3 is 2.51 bits per heavy atom. The second kappa shape index (κ2) is 11.1. The minimum absolute atomic E-state index is 0.0254. The van der Waals surface area contributed by atoms with Gasteiger partial charge in [0.1, 0.15) is 27.6 Å². The maximum absolute atomic E-state index is 14.6. The van der Waals surface area contributed by atoms with Gasteiger partial charge < -0.3 is 19.7 Å². The molecule has 1 aliphatic heterocycles. The molecule has 9 nitrogen and oxygen atoms in total. The Morgan fingerprint density at radius 2 is 1.90 bits per heavy atom. The summed E-state index contributed by atoms with van der Waals surface area (Å²) in [5.74, 6) is -0.948. The van der Waals surface area contributed by atoms with Gasteiger partial charge in [0.15, 0.2) is 0 Å². The number of alkyl halides is 3. The second-order valence-electron chi connectivity index (χ2n) is 10.7. The molecule has 3 heterocycles. The van der Waals surface area contributed by atoms with Gasteiger partial charge >= 0.3 is 12.3 Å². The number of carbonyl (C=O) groups excluding carboxylic acids is 2. The van der Waals surface area contributed by atoms with Crippen molar-refractivity contribution in [3.8, 4) is 16.3 Å². The average molecular weight is 588 g/mol. The standard InChI is InChI=1S/C28H28F3N5O4S/c1-27(2,3)40-26(38)36-12-9-16(10-13-36)22-19(6-7-21(39-18-4-5-18)23(22)28(29,30)31)34-24(37)20-15-41-25(35-20)17-8-11-32-33-14-17/h6-9,11,14-15,18H,4-5,10,12-13H2,1-3H3,(H,34,37). The molecule has 2 amide bonds. The molecule has 2 aliphatic rings. The van der Waals surface area contributed by atoms with Crippen molar-refractivity contribution in [1.82, 2.24) is 20.1 Å². The lowest BCUT2D eigenvalue weighted by atomic mass is 9.92. The Balaban J connectivity index is 1.49. The Hall–Kier alpha value is -4.00. The van der Waals surface area contributed by atoms with Crippen LogP contribution in [0.2, 0.25) is 0 Å². The molecule has 1 N–H and O–H groups in total. The molecule has 1 fully saturated rings. The van der Waals surface area contributed by atoms with Crippen LogP contribution in [0.4, 0.5) is 23.7 Å². The first kappa shape index (κ1) is 28.5. The van der Waals surface area contributed by atoms with Gasteiger partial charge in [0.25, 0.3) is 5.91 Å². The summed E-state index contributed by atoms with van der Waals surface area (Å²) in [5, 5.41) is 12.2. The van der Waals surface area contributed by atoms with Crippen LogP contribution in [0.25, 0.3) is 16.1 Å². The first-order valence-electron chi connectivity index (χ1n) is 13.0. The number of thiazole rings is 1. The van der Waals surface area contributed by atoms with Gasteiger partial charge in [-0.15, -0.1) is 11.3 Å². The van der Waals surface area contributed by atoms with Crippen molar-refractivity contribution in [3.05, 3.63) is 58.9 Å². The molecule has 2 aromatic heterocycles. The van der Waals surface area contributed by atoms with Crippen molar-refractivity contribution < 1.29 is 32.2 Å². The molecule has 1 saturated carbocycles.